The quantitative estimate of drug-likeness (QED) is 0.245. The highest BCUT2D eigenvalue weighted by Gasteiger charge is 2.18. The molecular weight excluding hydrogens is 419 g/mol. The van der Waals surface area contributed by atoms with Gasteiger partial charge in [-0.25, -0.2) is 4.39 Å². The first-order valence-corrected chi connectivity index (χ1v) is 11.4. The fraction of sp³-hybridized carbons (Fsp3) is 0. The Morgan fingerprint density at radius 1 is 0.441 bits per heavy atom. The summed E-state index contributed by atoms with van der Waals surface area (Å²) < 4.78 is 20.2. The molecule has 1 aromatic heterocycles. The van der Waals surface area contributed by atoms with Crippen molar-refractivity contribution in [3.63, 3.8) is 0 Å². The number of fused-ring (bicyclic) bond motifs is 5. The summed E-state index contributed by atoms with van der Waals surface area (Å²) in [7, 11) is 0. The molecule has 2 heteroatoms. The molecule has 1 nitrogen and oxygen atoms in total. The minimum absolute atomic E-state index is 0.309. The molecule has 34 heavy (non-hydrogen) atoms. The van der Waals surface area contributed by atoms with Crippen LogP contribution < -0.4 is 0 Å². The van der Waals surface area contributed by atoms with E-state index in [1.165, 1.54) is 44.3 Å². The molecule has 7 aromatic rings. The van der Waals surface area contributed by atoms with Crippen molar-refractivity contribution >= 4 is 43.5 Å². The van der Waals surface area contributed by atoms with E-state index in [9.17, 15) is 4.39 Å². The van der Waals surface area contributed by atoms with Gasteiger partial charge in [0, 0.05) is 10.8 Å². The third-order valence-electron chi connectivity index (χ3n) is 6.73. The lowest BCUT2D eigenvalue weighted by Crippen LogP contribution is -1.90. The highest BCUT2D eigenvalue weighted by molar-refractivity contribution is 6.22. The van der Waals surface area contributed by atoms with Crippen LogP contribution in [-0.4, -0.2) is 0 Å². The van der Waals surface area contributed by atoms with Gasteiger partial charge < -0.3 is 4.42 Å². The van der Waals surface area contributed by atoms with Crippen molar-refractivity contribution in [2.75, 3.05) is 0 Å². The summed E-state index contributed by atoms with van der Waals surface area (Å²) in [5.74, 6) is -0.335. The Morgan fingerprint density at radius 2 is 1.00 bits per heavy atom. The molecule has 0 N–H and O–H groups in total. The molecule has 0 bridgehead atoms. The molecule has 0 aliphatic heterocycles. The van der Waals surface area contributed by atoms with Crippen molar-refractivity contribution in [2.45, 2.75) is 0 Å². The standard InChI is InChI=1S/C32H19FO/c33-28-16-8-15-26-27-19-21(17-18-29(27)34-32(26)28)31-24-13-6-4-11-22(24)30(20-9-2-1-3-10-20)23-12-5-7-14-25(23)31/h1-19H. The highest BCUT2D eigenvalue weighted by atomic mass is 19.1. The van der Waals surface area contributed by atoms with Crippen molar-refractivity contribution < 1.29 is 8.81 Å². The summed E-state index contributed by atoms with van der Waals surface area (Å²) in [6.07, 6.45) is 0. The van der Waals surface area contributed by atoms with E-state index in [2.05, 4.69) is 91.0 Å². The van der Waals surface area contributed by atoms with Gasteiger partial charge in [0.05, 0.1) is 0 Å². The Morgan fingerprint density at radius 3 is 1.65 bits per heavy atom. The summed E-state index contributed by atoms with van der Waals surface area (Å²) in [4.78, 5) is 0. The van der Waals surface area contributed by atoms with Crippen LogP contribution in [0.2, 0.25) is 0 Å². The molecule has 6 aromatic carbocycles. The molecule has 1 heterocycles. The van der Waals surface area contributed by atoms with Gasteiger partial charge in [-0.15, -0.1) is 0 Å². The molecule has 0 aliphatic carbocycles. The number of hydrogen-bond acceptors (Lipinski definition) is 1. The Kier molecular flexibility index (Phi) is 4.09. The van der Waals surface area contributed by atoms with Gasteiger partial charge in [-0.3, -0.25) is 0 Å². The largest absolute Gasteiger partial charge is 0.453 e. The average molecular weight is 439 g/mol. The Balaban J connectivity index is 1.62. The van der Waals surface area contributed by atoms with Gasteiger partial charge in [0.15, 0.2) is 11.4 Å². The van der Waals surface area contributed by atoms with Crippen molar-refractivity contribution in [1.29, 1.82) is 0 Å². The summed E-state index contributed by atoms with van der Waals surface area (Å²) >= 11 is 0. The van der Waals surface area contributed by atoms with Crippen LogP contribution in [0, 0.1) is 5.82 Å². The van der Waals surface area contributed by atoms with Crippen LogP contribution in [-0.2, 0) is 0 Å². The minimum Gasteiger partial charge on any atom is -0.453 e. The van der Waals surface area contributed by atoms with Crippen LogP contribution in [0.4, 0.5) is 4.39 Å². The van der Waals surface area contributed by atoms with Gasteiger partial charge >= 0.3 is 0 Å². The molecule has 0 radical (unpaired) electrons. The summed E-state index contributed by atoms with van der Waals surface area (Å²) in [6.45, 7) is 0. The van der Waals surface area contributed by atoms with Crippen molar-refractivity contribution in [3.05, 3.63) is 121 Å². The molecule has 160 valence electrons. The van der Waals surface area contributed by atoms with Crippen LogP contribution in [0.25, 0.3) is 65.7 Å². The molecule has 0 saturated heterocycles. The van der Waals surface area contributed by atoms with E-state index in [1.807, 2.05) is 12.1 Å². The molecule has 0 spiro atoms. The first-order chi connectivity index (χ1) is 16.8. The molecule has 0 amide bonds. The van der Waals surface area contributed by atoms with Gasteiger partial charge in [0.2, 0.25) is 0 Å². The molecule has 0 unspecified atom stereocenters. The van der Waals surface area contributed by atoms with E-state index >= 15 is 0 Å². The van der Waals surface area contributed by atoms with Gasteiger partial charge in [-0.1, -0.05) is 97.1 Å². The Bertz CT molecular complexity index is 1800. The fourth-order valence-electron chi connectivity index (χ4n) is 5.27. The maximum Gasteiger partial charge on any atom is 0.171 e. The van der Waals surface area contributed by atoms with Gasteiger partial charge in [-0.05, 0) is 62.0 Å². The smallest absolute Gasteiger partial charge is 0.171 e. The molecule has 0 fully saturated rings. The number of para-hydroxylation sites is 1. The topological polar surface area (TPSA) is 13.1 Å². The summed E-state index contributed by atoms with van der Waals surface area (Å²) in [6, 6.07) is 39.0. The van der Waals surface area contributed by atoms with Crippen molar-refractivity contribution in [1.82, 2.24) is 0 Å². The molecule has 7 rings (SSSR count). The second-order valence-electron chi connectivity index (χ2n) is 8.64. The summed E-state index contributed by atoms with van der Waals surface area (Å²) in [5, 5.41) is 6.53. The maximum atomic E-state index is 14.4. The van der Waals surface area contributed by atoms with Crippen LogP contribution in [0.1, 0.15) is 0 Å². The molecule has 0 aliphatic rings. The van der Waals surface area contributed by atoms with E-state index in [0.717, 1.165) is 16.3 Å². The Labute approximate surface area is 195 Å². The second kappa shape index (κ2) is 7.29. The minimum atomic E-state index is -0.335. The lowest BCUT2D eigenvalue weighted by molar-refractivity contribution is 0.584. The van der Waals surface area contributed by atoms with Crippen LogP contribution >= 0.6 is 0 Å². The van der Waals surface area contributed by atoms with Gasteiger partial charge in [0.25, 0.3) is 0 Å². The third-order valence-corrected chi connectivity index (χ3v) is 6.73. The van der Waals surface area contributed by atoms with Gasteiger partial charge in [-0.2, -0.15) is 0 Å². The zero-order valence-electron chi connectivity index (χ0n) is 18.3. The Hall–Kier alpha value is -4.43. The lowest BCUT2D eigenvalue weighted by Gasteiger charge is -2.17. The number of furan rings is 1. The van der Waals surface area contributed by atoms with E-state index in [4.69, 9.17) is 4.42 Å². The zero-order valence-corrected chi connectivity index (χ0v) is 18.3. The normalized spacial score (nSPS) is 11.7. The molecule has 0 atom stereocenters. The molecule has 0 saturated carbocycles. The van der Waals surface area contributed by atoms with Gasteiger partial charge in [0.1, 0.15) is 5.58 Å². The van der Waals surface area contributed by atoms with E-state index in [0.29, 0.717) is 11.2 Å². The first kappa shape index (κ1) is 19.1. The second-order valence-corrected chi connectivity index (χ2v) is 8.64. The van der Waals surface area contributed by atoms with E-state index in [-0.39, 0.29) is 5.82 Å². The molecular formula is C32H19FO. The predicted octanol–water partition coefficient (Wildman–Crippen LogP) is 9.37. The number of halogens is 1. The highest BCUT2D eigenvalue weighted by Crippen LogP contribution is 2.44. The van der Waals surface area contributed by atoms with E-state index < -0.39 is 0 Å². The maximum absolute atomic E-state index is 14.4. The predicted molar refractivity (Wildman–Crippen MR) is 140 cm³/mol. The van der Waals surface area contributed by atoms with Crippen LogP contribution in [0.15, 0.2) is 120 Å². The van der Waals surface area contributed by atoms with E-state index in [1.54, 1.807) is 6.07 Å². The fourth-order valence-corrected chi connectivity index (χ4v) is 5.27. The monoisotopic (exact) mass is 438 g/mol. The number of rotatable bonds is 2. The van der Waals surface area contributed by atoms with Crippen molar-refractivity contribution in [2.24, 2.45) is 0 Å². The SMILES string of the molecule is Fc1cccc2c1oc1ccc(-c3c4ccccc4c(-c4ccccc4)c4ccccc34)cc12. The third kappa shape index (κ3) is 2.72. The van der Waals surface area contributed by atoms with Crippen LogP contribution in [0.3, 0.4) is 0 Å². The van der Waals surface area contributed by atoms with Crippen molar-refractivity contribution in [3.8, 4) is 22.3 Å². The lowest BCUT2D eigenvalue weighted by atomic mass is 9.86. The first-order valence-electron chi connectivity index (χ1n) is 11.4. The number of hydrogen-bond donors (Lipinski definition) is 0. The number of benzene rings is 6. The zero-order chi connectivity index (χ0) is 22.6. The summed E-state index contributed by atoms with van der Waals surface area (Å²) in [5.41, 5.74) is 5.72. The average Bonchev–Trinajstić information content (AvgIpc) is 3.27. The van der Waals surface area contributed by atoms with Crippen LogP contribution in [0.5, 0.6) is 0 Å².